The summed E-state index contributed by atoms with van der Waals surface area (Å²) in [6, 6.07) is 4.82. The molecule has 24 heavy (non-hydrogen) atoms. The third-order valence-electron chi connectivity index (χ3n) is 5.53. The fourth-order valence-corrected chi connectivity index (χ4v) is 3.35. The molecule has 0 amide bonds. The minimum absolute atomic E-state index is 0.108. The van der Waals surface area contributed by atoms with Crippen LogP contribution in [0.1, 0.15) is 58.6 Å². The van der Waals surface area contributed by atoms with E-state index in [0.717, 1.165) is 25.9 Å². The first-order chi connectivity index (χ1) is 11.3. The van der Waals surface area contributed by atoms with Crippen molar-refractivity contribution in [1.29, 1.82) is 0 Å². The Balaban J connectivity index is 1.81. The third kappa shape index (κ3) is 4.51. The fourth-order valence-electron chi connectivity index (χ4n) is 3.35. The summed E-state index contributed by atoms with van der Waals surface area (Å²) in [5.41, 5.74) is 0.267. The van der Waals surface area contributed by atoms with Crippen LogP contribution < -0.4 is 5.32 Å². The van der Waals surface area contributed by atoms with Gasteiger partial charge >= 0.3 is 0 Å². The Morgan fingerprint density at radius 3 is 2.38 bits per heavy atom. The lowest BCUT2D eigenvalue weighted by molar-refractivity contribution is -0.107. The predicted molar refractivity (Wildman–Crippen MR) is 94.3 cm³/mol. The lowest BCUT2D eigenvalue weighted by atomic mass is 9.83. The molecule has 1 N–H and O–H groups in total. The van der Waals surface area contributed by atoms with Gasteiger partial charge in [-0.15, -0.1) is 0 Å². The Morgan fingerprint density at radius 2 is 1.83 bits per heavy atom. The molecule has 5 heteroatoms. The van der Waals surface area contributed by atoms with Gasteiger partial charge in [-0.25, -0.2) is 8.78 Å². The molecule has 0 aliphatic carbocycles. The Hall–Kier alpha value is -1.07. The van der Waals surface area contributed by atoms with Crippen molar-refractivity contribution in [2.24, 2.45) is 5.41 Å². The van der Waals surface area contributed by atoms with Crippen LogP contribution in [0.4, 0.5) is 8.78 Å². The smallest absolute Gasteiger partial charge is 0.254 e. The van der Waals surface area contributed by atoms with Crippen molar-refractivity contribution in [3.63, 3.8) is 0 Å². The molecule has 2 heterocycles. The molecule has 2 rings (SSSR count). The number of pyridine rings is 1. The standard InChI is InChI=1S/C19H31F2N3/c1-5-19(20,21)18(3,4)14-23-17-8-12-24(13-9-17)15(2)16-6-10-22-11-7-16/h6-7,10-11,15,17,23H,5,8-9,12-14H2,1-4H3. The Labute approximate surface area is 144 Å². The molecule has 1 aromatic rings. The van der Waals surface area contributed by atoms with Crippen LogP contribution in [0, 0.1) is 5.41 Å². The van der Waals surface area contributed by atoms with E-state index in [4.69, 9.17) is 0 Å². The number of nitrogens with one attached hydrogen (secondary N) is 1. The molecule has 1 aromatic heterocycles. The first-order valence-corrected chi connectivity index (χ1v) is 9.02. The molecule has 1 saturated heterocycles. The zero-order valence-corrected chi connectivity index (χ0v) is 15.4. The third-order valence-corrected chi connectivity index (χ3v) is 5.53. The van der Waals surface area contributed by atoms with Crippen LogP contribution in [-0.2, 0) is 0 Å². The molecule has 1 unspecified atom stereocenters. The number of rotatable bonds is 7. The first kappa shape index (κ1) is 19.3. The van der Waals surface area contributed by atoms with Crippen LogP contribution in [0.2, 0.25) is 0 Å². The van der Waals surface area contributed by atoms with Crippen LogP contribution in [0.5, 0.6) is 0 Å². The fraction of sp³-hybridized carbons (Fsp3) is 0.737. The van der Waals surface area contributed by atoms with Crippen LogP contribution in [0.3, 0.4) is 0 Å². The summed E-state index contributed by atoms with van der Waals surface area (Å²) in [4.78, 5) is 6.53. The highest BCUT2D eigenvalue weighted by Crippen LogP contribution is 2.38. The molecule has 1 fully saturated rings. The van der Waals surface area contributed by atoms with Crippen molar-refractivity contribution in [2.45, 2.75) is 65.0 Å². The lowest BCUT2D eigenvalue weighted by Gasteiger charge is -2.39. The van der Waals surface area contributed by atoms with Gasteiger partial charge in [-0.3, -0.25) is 9.88 Å². The zero-order valence-electron chi connectivity index (χ0n) is 15.4. The van der Waals surface area contributed by atoms with Gasteiger partial charge in [-0.2, -0.15) is 0 Å². The summed E-state index contributed by atoms with van der Waals surface area (Å²) in [5.74, 6) is -2.63. The van der Waals surface area contributed by atoms with Gasteiger partial charge in [0.25, 0.3) is 5.92 Å². The van der Waals surface area contributed by atoms with E-state index in [1.54, 1.807) is 20.8 Å². The molecule has 0 spiro atoms. The highest BCUT2D eigenvalue weighted by atomic mass is 19.3. The molecular formula is C19H31F2N3. The summed E-state index contributed by atoms with van der Waals surface area (Å²) in [6.07, 6.45) is 5.56. The number of hydrogen-bond acceptors (Lipinski definition) is 3. The Kier molecular flexibility index (Phi) is 6.32. The van der Waals surface area contributed by atoms with Gasteiger partial charge in [0.15, 0.2) is 0 Å². The number of likely N-dealkylation sites (tertiary alicyclic amines) is 1. The first-order valence-electron chi connectivity index (χ1n) is 9.02. The molecule has 1 atom stereocenters. The van der Waals surface area contributed by atoms with Gasteiger partial charge in [0.05, 0.1) is 0 Å². The summed E-state index contributed by atoms with van der Waals surface area (Å²) < 4.78 is 28.0. The summed E-state index contributed by atoms with van der Waals surface area (Å²) in [6.45, 7) is 9.43. The molecule has 3 nitrogen and oxygen atoms in total. The number of aromatic nitrogens is 1. The maximum atomic E-state index is 14.0. The number of hydrogen-bond donors (Lipinski definition) is 1. The van der Waals surface area contributed by atoms with Gasteiger partial charge in [0.1, 0.15) is 0 Å². The highest BCUT2D eigenvalue weighted by molar-refractivity contribution is 5.14. The molecule has 0 saturated carbocycles. The van der Waals surface area contributed by atoms with Crippen LogP contribution >= 0.6 is 0 Å². The van der Waals surface area contributed by atoms with E-state index in [1.807, 2.05) is 12.4 Å². The van der Waals surface area contributed by atoms with E-state index in [2.05, 4.69) is 34.3 Å². The number of piperidine rings is 1. The second-order valence-electron chi connectivity index (χ2n) is 7.59. The lowest BCUT2D eigenvalue weighted by Crippen LogP contribution is -2.49. The van der Waals surface area contributed by atoms with Crippen LogP contribution in [-0.4, -0.2) is 41.5 Å². The monoisotopic (exact) mass is 339 g/mol. The summed E-state index contributed by atoms with van der Waals surface area (Å²) in [7, 11) is 0. The normalized spacial score (nSPS) is 19.4. The highest BCUT2D eigenvalue weighted by Gasteiger charge is 2.44. The Morgan fingerprint density at radius 1 is 1.25 bits per heavy atom. The van der Waals surface area contributed by atoms with Crippen LogP contribution in [0.15, 0.2) is 24.5 Å². The van der Waals surface area contributed by atoms with Crippen LogP contribution in [0.25, 0.3) is 0 Å². The molecule has 0 aromatic carbocycles. The SMILES string of the molecule is CCC(F)(F)C(C)(C)CNC1CCN(C(C)c2ccncc2)CC1. The number of nitrogens with zero attached hydrogens (tertiary/aromatic N) is 2. The number of alkyl halides is 2. The average Bonchev–Trinajstić information content (AvgIpc) is 2.60. The maximum Gasteiger partial charge on any atom is 0.254 e. The van der Waals surface area contributed by atoms with E-state index < -0.39 is 11.3 Å². The molecule has 0 radical (unpaired) electrons. The molecule has 136 valence electrons. The van der Waals surface area contributed by atoms with Crippen molar-refractivity contribution in [2.75, 3.05) is 19.6 Å². The van der Waals surface area contributed by atoms with E-state index >= 15 is 0 Å². The molecule has 0 bridgehead atoms. The molecule has 1 aliphatic rings. The average molecular weight is 339 g/mol. The summed E-state index contributed by atoms with van der Waals surface area (Å²) in [5, 5.41) is 3.38. The minimum Gasteiger partial charge on any atom is -0.313 e. The van der Waals surface area contributed by atoms with E-state index in [9.17, 15) is 8.78 Å². The second-order valence-corrected chi connectivity index (χ2v) is 7.59. The molecular weight excluding hydrogens is 308 g/mol. The van der Waals surface area contributed by atoms with Crippen molar-refractivity contribution in [3.05, 3.63) is 30.1 Å². The van der Waals surface area contributed by atoms with Gasteiger partial charge in [0, 0.05) is 55.9 Å². The number of halogens is 2. The van der Waals surface area contributed by atoms with Gasteiger partial charge in [-0.1, -0.05) is 20.8 Å². The van der Waals surface area contributed by atoms with Crippen molar-refractivity contribution in [1.82, 2.24) is 15.2 Å². The quantitative estimate of drug-likeness (QED) is 0.804. The van der Waals surface area contributed by atoms with E-state index in [0.29, 0.717) is 18.6 Å². The van der Waals surface area contributed by atoms with E-state index in [1.165, 1.54) is 5.56 Å². The van der Waals surface area contributed by atoms with Gasteiger partial charge < -0.3 is 5.32 Å². The summed E-state index contributed by atoms with van der Waals surface area (Å²) >= 11 is 0. The minimum atomic E-state index is -2.63. The Bertz CT molecular complexity index is 497. The second kappa shape index (κ2) is 7.87. The predicted octanol–water partition coefficient (Wildman–Crippen LogP) is 4.27. The van der Waals surface area contributed by atoms with Crippen molar-refractivity contribution < 1.29 is 8.78 Å². The van der Waals surface area contributed by atoms with Crippen molar-refractivity contribution in [3.8, 4) is 0 Å². The van der Waals surface area contributed by atoms with E-state index in [-0.39, 0.29) is 6.42 Å². The van der Waals surface area contributed by atoms with Crippen molar-refractivity contribution >= 4 is 0 Å². The zero-order chi connectivity index (χ0) is 17.8. The van der Waals surface area contributed by atoms with Gasteiger partial charge in [0.2, 0.25) is 0 Å². The maximum absolute atomic E-state index is 14.0. The topological polar surface area (TPSA) is 28.2 Å². The largest absolute Gasteiger partial charge is 0.313 e. The molecule has 1 aliphatic heterocycles. The van der Waals surface area contributed by atoms with Gasteiger partial charge in [-0.05, 0) is 37.5 Å².